The maximum absolute atomic E-state index is 5.94. The fourth-order valence-corrected chi connectivity index (χ4v) is 2.19. The van der Waals surface area contributed by atoms with Crippen molar-refractivity contribution in [3.05, 3.63) is 41.7 Å². The Hall–Kier alpha value is -1.48. The molecule has 0 fully saturated rings. The van der Waals surface area contributed by atoms with Gasteiger partial charge in [0.2, 0.25) is 0 Å². The van der Waals surface area contributed by atoms with Crippen molar-refractivity contribution < 1.29 is 4.74 Å². The van der Waals surface area contributed by atoms with E-state index in [4.69, 9.17) is 16.3 Å². The Morgan fingerprint density at radius 3 is 2.56 bits per heavy atom. The van der Waals surface area contributed by atoms with E-state index in [1.165, 1.54) is 5.69 Å². The minimum Gasteiger partial charge on any atom is -0.497 e. The third kappa shape index (κ3) is 2.51. The van der Waals surface area contributed by atoms with Crippen LogP contribution in [0.4, 0.5) is 0 Å². The molecule has 0 saturated carbocycles. The molecule has 1 heterocycles. The maximum Gasteiger partial charge on any atom is 0.119 e. The highest BCUT2D eigenvalue weighted by Crippen LogP contribution is 2.20. The van der Waals surface area contributed by atoms with Gasteiger partial charge in [-0.05, 0) is 30.7 Å². The van der Waals surface area contributed by atoms with Gasteiger partial charge in [0, 0.05) is 11.3 Å². The number of benzene rings is 1. The zero-order valence-electron chi connectivity index (χ0n) is 10.7. The molecule has 4 heteroatoms. The largest absolute Gasteiger partial charge is 0.497 e. The van der Waals surface area contributed by atoms with E-state index in [-0.39, 0.29) is 0 Å². The topological polar surface area (TPSA) is 27.1 Å². The number of aromatic nitrogens is 2. The Morgan fingerprint density at radius 1 is 1.28 bits per heavy atom. The standard InChI is InChI=1S/C14H17ClN2O/c1-3-4-14-11(9-15)10-16-17(14)12-5-7-13(18-2)8-6-12/h5-8,10H,3-4,9H2,1-2H3. The monoisotopic (exact) mass is 264 g/mol. The van der Waals surface area contributed by atoms with Crippen molar-refractivity contribution >= 4 is 11.6 Å². The molecule has 1 aromatic carbocycles. The molecule has 2 rings (SSSR count). The van der Waals surface area contributed by atoms with E-state index in [1.807, 2.05) is 35.1 Å². The predicted molar refractivity (Wildman–Crippen MR) is 73.7 cm³/mol. The average molecular weight is 265 g/mol. The van der Waals surface area contributed by atoms with E-state index < -0.39 is 0 Å². The minimum absolute atomic E-state index is 0.505. The second kappa shape index (κ2) is 5.91. The van der Waals surface area contributed by atoms with Crippen LogP contribution in [0, 0.1) is 0 Å². The van der Waals surface area contributed by atoms with Gasteiger partial charge in [-0.2, -0.15) is 5.10 Å². The number of hydrogen-bond donors (Lipinski definition) is 0. The zero-order valence-corrected chi connectivity index (χ0v) is 11.4. The normalized spacial score (nSPS) is 10.6. The second-order valence-electron chi connectivity index (χ2n) is 4.11. The lowest BCUT2D eigenvalue weighted by Gasteiger charge is -2.09. The summed E-state index contributed by atoms with van der Waals surface area (Å²) in [6, 6.07) is 7.88. The van der Waals surface area contributed by atoms with E-state index >= 15 is 0 Å². The molecular formula is C14H17ClN2O. The number of hydrogen-bond acceptors (Lipinski definition) is 2. The van der Waals surface area contributed by atoms with Crippen molar-refractivity contribution in [1.82, 2.24) is 9.78 Å². The molecule has 0 amide bonds. The molecule has 0 aliphatic rings. The Labute approximate surface area is 112 Å². The van der Waals surface area contributed by atoms with Crippen LogP contribution < -0.4 is 4.74 Å². The molecule has 0 radical (unpaired) electrons. The van der Waals surface area contributed by atoms with Gasteiger partial charge >= 0.3 is 0 Å². The van der Waals surface area contributed by atoms with E-state index in [0.29, 0.717) is 5.88 Å². The van der Waals surface area contributed by atoms with E-state index in [9.17, 15) is 0 Å². The summed E-state index contributed by atoms with van der Waals surface area (Å²) in [4.78, 5) is 0. The highest BCUT2D eigenvalue weighted by Gasteiger charge is 2.10. The molecule has 0 spiro atoms. The Balaban J connectivity index is 2.39. The molecular weight excluding hydrogens is 248 g/mol. The van der Waals surface area contributed by atoms with Crippen LogP contribution in [0.25, 0.3) is 5.69 Å². The van der Waals surface area contributed by atoms with Gasteiger partial charge in [0.15, 0.2) is 0 Å². The lowest BCUT2D eigenvalue weighted by atomic mass is 10.2. The molecule has 0 aliphatic carbocycles. The van der Waals surface area contributed by atoms with Crippen LogP contribution in [0.1, 0.15) is 24.6 Å². The molecule has 2 aromatic rings. The van der Waals surface area contributed by atoms with Crippen molar-refractivity contribution in [2.45, 2.75) is 25.6 Å². The molecule has 0 unspecified atom stereocenters. The Morgan fingerprint density at radius 2 is 2.00 bits per heavy atom. The number of rotatable bonds is 5. The first kappa shape index (κ1) is 13.0. The van der Waals surface area contributed by atoms with Crippen LogP contribution in [0.3, 0.4) is 0 Å². The number of nitrogens with zero attached hydrogens (tertiary/aromatic N) is 2. The van der Waals surface area contributed by atoms with Crippen LogP contribution >= 0.6 is 11.6 Å². The van der Waals surface area contributed by atoms with Crippen LogP contribution in [-0.4, -0.2) is 16.9 Å². The number of halogens is 1. The third-order valence-corrected chi connectivity index (χ3v) is 3.19. The smallest absolute Gasteiger partial charge is 0.119 e. The van der Waals surface area contributed by atoms with E-state index in [2.05, 4.69) is 12.0 Å². The Bertz CT molecular complexity index is 505. The Kier molecular flexibility index (Phi) is 4.26. The minimum atomic E-state index is 0.505. The first-order chi connectivity index (χ1) is 8.80. The van der Waals surface area contributed by atoms with Crippen LogP contribution in [-0.2, 0) is 12.3 Å². The highest BCUT2D eigenvalue weighted by atomic mass is 35.5. The first-order valence-electron chi connectivity index (χ1n) is 6.06. The van der Waals surface area contributed by atoms with Crippen molar-refractivity contribution in [2.75, 3.05) is 7.11 Å². The lowest BCUT2D eigenvalue weighted by molar-refractivity contribution is 0.414. The van der Waals surface area contributed by atoms with Crippen LogP contribution in [0.15, 0.2) is 30.5 Å². The summed E-state index contributed by atoms with van der Waals surface area (Å²) < 4.78 is 7.12. The van der Waals surface area contributed by atoms with Gasteiger partial charge in [0.05, 0.1) is 24.9 Å². The highest BCUT2D eigenvalue weighted by molar-refractivity contribution is 6.17. The SMILES string of the molecule is CCCc1c(CCl)cnn1-c1ccc(OC)cc1. The molecule has 0 atom stereocenters. The molecule has 1 aromatic heterocycles. The van der Waals surface area contributed by atoms with E-state index in [0.717, 1.165) is 29.8 Å². The van der Waals surface area contributed by atoms with Gasteiger partial charge in [-0.15, -0.1) is 11.6 Å². The summed E-state index contributed by atoms with van der Waals surface area (Å²) >= 11 is 5.94. The quantitative estimate of drug-likeness (QED) is 0.772. The van der Waals surface area contributed by atoms with Gasteiger partial charge in [-0.25, -0.2) is 4.68 Å². The second-order valence-corrected chi connectivity index (χ2v) is 4.38. The number of ether oxygens (including phenoxy) is 1. The number of alkyl halides is 1. The van der Waals surface area contributed by atoms with Gasteiger partial charge < -0.3 is 4.74 Å². The average Bonchev–Trinajstić information content (AvgIpc) is 2.82. The molecule has 18 heavy (non-hydrogen) atoms. The fourth-order valence-electron chi connectivity index (χ4n) is 1.97. The fraction of sp³-hybridized carbons (Fsp3) is 0.357. The summed E-state index contributed by atoms with van der Waals surface area (Å²) in [7, 11) is 1.66. The zero-order chi connectivity index (χ0) is 13.0. The summed E-state index contributed by atoms with van der Waals surface area (Å²) in [5.41, 5.74) is 3.34. The van der Waals surface area contributed by atoms with Crippen molar-refractivity contribution in [2.24, 2.45) is 0 Å². The van der Waals surface area contributed by atoms with Crippen LogP contribution in [0.2, 0.25) is 0 Å². The summed E-state index contributed by atoms with van der Waals surface area (Å²) in [6.07, 6.45) is 3.90. The van der Waals surface area contributed by atoms with Gasteiger partial charge in [-0.3, -0.25) is 0 Å². The van der Waals surface area contributed by atoms with Gasteiger partial charge in [0.25, 0.3) is 0 Å². The van der Waals surface area contributed by atoms with Crippen molar-refractivity contribution in [1.29, 1.82) is 0 Å². The summed E-state index contributed by atoms with van der Waals surface area (Å²) in [6.45, 7) is 2.16. The summed E-state index contributed by atoms with van der Waals surface area (Å²) in [5, 5.41) is 4.42. The molecule has 0 saturated heterocycles. The molecule has 3 nitrogen and oxygen atoms in total. The maximum atomic E-state index is 5.94. The van der Waals surface area contributed by atoms with Crippen molar-refractivity contribution in [3.8, 4) is 11.4 Å². The molecule has 96 valence electrons. The first-order valence-corrected chi connectivity index (χ1v) is 6.59. The lowest BCUT2D eigenvalue weighted by Crippen LogP contribution is -2.03. The molecule has 0 aliphatic heterocycles. The van der Waals surface area contributed by atoms with Gasteiger partial charge in [0.1, 0.15) is 5.75 Å². The predicted octanol–water partition coefficient (Wildman–Crippen LogP) is 3.57. The number of methoxy groups -OCH3 is 1. The van der Waals surface area contributed by atoms with Crippen molar-refractivity contribution in [3.63, 3.8) is 0 Å². The van der Waals surface area contributed by atoms with E-state index in [1.54, 1.807) is 7.11 Å². The van der Waals surface area contributed by atoms with Crippen LogP contribution in [0.5, 0.6) is 5.75 Å². The van der Waals surface area contributed by atoms with Gasteiger partial charge in [-0.1, -0.05) is 13.3 Å². The third-order valence-electron chi connectivity index (χ3n) is 2.90. The molecule has 0 bridgehead atoms. The summed E-state index contributed by atoms with van der Waals surface area (Å²) in [5.74, 6) is 1.35. The molecule has 0 N–H and O–H groups in total.